The van der Waals surface area contributed by atoms with Gasteiger partial charge in [0.25, 0.3) is 0 Å². The lowest BCUT2D eigenvalue weighted by atomic mass is 9.70. The van der Waals surface area contributed by atoms with Crippen LogP contribution in [0, 0.1) is 0 Å². The number of nitrogens with zero attached hydrogens (tertiary/aromatic N) is 1. The summed E-state index contributed by atoms with van der Waals surface area (Å²) in [5, 5.41) is 10.1. The van der Waals surface area contributed by atoms with Crippen LogP contribution in [-0.4, -0.2) is 29.1 Å². The number of allylic oxidation sites excluding steroid dienone is 1. The number of aliphatic carboxylic acids is 1. The van der Waals surface area contributed by atoms with Gasteiger partial charge in [-0.2, -0.15) is 0 Å². The highest BCUT2D eigenvalue weighted by Gasteiger charge is 2.44. The molecule has 1 aliphatic rings. The van der Waals surface area contributed by atoms with E-state index in [1.54, 1.807) is 0 Å². The molecular weight excluding hydrogens is 310 g/mol. The fourth-order valence-electron chi connectivity index (χ4n) is 3.81. The van der Waals surface area contributed by atoms with Gasteiger partial charge in [0.15, 0.2) is 0 Å². The van der Waals surface area contributed by atoms with Crippen molar-refractivity contribution < 1.29 is 9.90 Å². The Labute approximate surface area is 149 Å². The summed E-state index contributed by atoms with van der Waals surface area (Å²) in [6, 6.07) is 18.2. The SMILES string of the molecule is C=C(C)c1ccccc1C1(C(=O)O)CCN(Cc2ccccc2)CC1. The molecule has 1 fully saturated rings. The molecule has 2 aromatic rings. The van der Waals surface area contributed by atoms with E-state index < -0.39 is 11.4 Å². The van der Waals surface area contributed by atoms with E-state index in [0.29, 0.717) is 12.8 Å². The van der Waals surface area contributed by atoms with E-state index in [1.165, 1.54) is 5.56 Å². The summed E-state index contributed by atoms with van der Waals surface area (Å²) in [6.07, 6.45) is 1.25. The molecule has 0 radical (unpaired) electrons. The molecule has 0 saturated carbocycles. The van der Waals surface area contributed by atoms with Crippen LogP contribution < -0.4 is 0 Å². The van der Waals surface area contributed by atoms with Crippen LogP contribution in [0.3, 0.4) is 0 Å². The third-order valence-electron chi connectivity index (χ3n) is 5.27. The standard InChI is InChI=1S/C22H25NO2/c1-17(2)19-10-6-7-11-20(19)22(21(24)25)12-14-23(15-13-22)16-18-8-4-3-5-9-18/h3-11H,1,12-16H2,2H3,(H,24,25). The molecule has 3 heteroatoms. The topological polar surface area (TPSA) is 40.5 Å². The number of benzene rings is 2. The lowest BCUT2D eigenvalue weighted by Crippen LogP contribution is -2.47. The first kappa shape index (κ1) is 17.4. The molecule has 1 N–H and O–H groups in total. The summed E-state index contributed by atoms with van der Waals surface area (Å²) in [5.41, 5.74) is 3.26. The molecule has 0 aromatic heterocycles. The van der Waals surface area contributed by atoms with Gasteiger partial charge in [0.2, 0.25) is 0 Å². The van der Waals surface area contributed by atoms with Gasteiger partial charge < -0.3 is 5.11 Å². The van der Waals surface area contributed by atoms with E-state index >= 15 is 0 Å². The predicted molar refractivity (Wildman–Crippen MR) is 101 cm³/mol. The van der Waals surface area contributed by atoms with Gasteiger partial charge in [-0.15, -0.1) is 0 Å². The summed E-state index contributed by atoms with van der Waals surface area (Å²) in [6.45, 7) is 8.42. The molecule has 0 atom stereocenters. The average molecular weight is 335 g/mol. The van der Waals surface area contributed by atoms with Crippen molar-refractivity contribution in [2.24, 2.45) is 0 Å². The van der Waals surface area contributed by atoms with Crippen LogP contribution in [-0.2, 0) is 16.8 Å². The molecule has 0 amide bonds. The zero-order valence-electron chi connectivity index (χ0n) is 14.7. The minimum absolute atomic E-state index is 0.624. The normalized spacial score (nSPS) is 17.2. The fraction of sp³-hybridized carbons (Fsp3) is 0.318. The second-order valence-electron chi connectivity index (χ2n) is 6.97. The number of rotatable bonds is 5. The van der Waals surface area contributed by atoms with Crippen molar-refractivity contribution in [2.75, 3.05) is 13.1 Å². The maximum absolute atomic E-state index is 12.3. The molecule has 0 bridgehead atoms. The minimum atomic E-state index is -0.817. The molecule has 0 aliphatic carbocycles. The first-order valence-corrected chi connectivity index (χ1v) is 8.78. The van der Waals surface area contributed by atoms with Crippen LogP contribution in [0.1, 0.15) is 36.5 Å². The van der Waals surface area contributed by atoms with E-state index in [-0.39, 0.29) is 0 Å². The summed E-state index contributed by atoms with van der Waals surface area (Å²) < 4.78 is 0. The second kappa shape index (κ2) is 7.24. The van der Waals surface area contributed by atoms with Gasteiger partial charge in [-0.05, 0) is 49.5 Å². The van der Waals surface area contributed by atoms with Gasteiger partial charge >= 0.3 is 5.97 Å². The van der Waals surface area contributed by atoms with Crippen LogP contribution >= 0.6 is 0 Å². The molecular formula is C22H25NO2. The van der Waals surface area contributed by atoms with Gasteiger partial charge in [0.05, 0.1) is 5.41 Å². The van der Waals surface area contributed by atoms with Gasteiger partial charge in [0, 0.05) is 6.54 Å². The van der Waals surface area contributed by atoms with Crippen LogP contribution in [0.5, 0.6) is 0 Å². The maximum Gasteiger partial charge on any atom is 0.314 e. The number of piperidine rings is 1. The van der Waals surface area contributed by atoms with Gasteiger partial charge in [-0.3, -0.25) is 9.69 Å². The smallest absolute Gasteiger partial charge is 0.314 e. The molecule has 1 heterocycles. The molecule has 3 rings (SSSR count). The van der Waals surface area contributed by atoms with Crippen molar-refractivity contribution >= 4 is 11.5 Å². The lowest BCUT2D eigenvalue weighted by molar-refractivity contribution is -0.146. The van der Waals surface area contributed by atoms with E-state index in [4.69, 9.17) is 0 Å². The van der Waals surface area contributed by atoms with E-state index in [1.807, 2.05) is 49.4 Å². The average Bonchev–Trinajstić information content (AvgIpc) is 2.63. The number of hydrogen-bond acceptors (Lipinski definition) is 2. The van der Waals surface area contributed by atoms with Crippen LogP contribution in [0.25, 0.3) is 5.57 Å². The fourth-order valence-corrected chi connectivity index (χ4v) is 3.81. The Hall–Kier alpha value is -2.39. The van der Waals surface area contributed by atoms with Gasteiger partial charge in [-0.1, -0.05) is 66.7 Å². The molecule has 1 aliphatic heterocycles. The Morgan fingerprint density at radius 2 is 1.68 bits per heavy atom. The molecule has 1 saturated heterocycles. The Balaban J connectivity index is 1.83. The Morgan fingerprint density at radius 3 is 2.28 bits per heavy atom. The summed E-state index contributed by atoms with van der Waals surface area (Å²) in [7, 11) is 0. The van der Waals surface area contributed by atoms with Gasteiger partial charge in [0.1, 0.15) is 0 Å². The molecule has 130 valence electrons. The summed E-state index contributed by atoms with van der Waals surface area (Å²) in [4.78, 5) is 14.6. The Morgan fingerprint density at radius 1 is 1.08 bits per heavy atom. The van der Waals surface area contributed by atoms with Crippen LogP contribution in [0.2, 0.25) is 0 Å². The quantitative estimate of drug-likeness (QED) is 0.884. The molecule has 0 spiro atoms. The summed E-state index contributed by atoms with van der Waals surface area (Å²) in [5.74, 6) is -0.722. The van der Waals surface area contributed by atoms with Crippen molar-refractivity contribution in [3.05, 3.63) is 77.9 Å². The van der Waals surface area contributed by atoms with Crippen molar-refractivity contribution in [1.82, 2.24) is 4.90 Å². The summed E-state index contributed by atoms with van der Waals surface area (Å²) >= 11 is 0. The number of carboxylic acids is 1. The van der Waals surface area contributed by atoms with Crippen molar-refractivity contribution in [1.29, 1.82) is 0 Å². The Kier molecular flexibility index (Phi) is 5.05. The van der Waals surface area contributed by atoms with E-state index in [9.17, 15) is 9.90 Å². The molecule has 2 aromatic carbocycles. The third kappa shape index (κ3) is 3.52. The first-order valence-electron chi connectivity index (χ1n) is 8.78. The molecule has 25 heavy (non-hydrogen) atoms. The zero-order valence-corrected chi connectivity index (χ0v) is 14.7. The first-order chi connectivity index (χ1) is 12.0. The Bertz CT molecular complexity index is 759. The van der Waals surface area contributed by atoms with Crippen molar-refractivity contribution in [3.8, 4) is 0 Å². The monoisotopic (exact) mass is 335 g/mol. The van der Waals surface area contributed by atoms with Crippen LogP contribution in [0.15, 0.2) is 61.2 Å². The third-order valence-corrected chi connectivity index (χ3v) is 5.27. The van der Waals surface area contributed by atoms with E-state index in [0.717, 1.165) is 36.3 Å². The minimum Gasteiger partial charge on any atom is -0.481 e. The largest absolute Gasteiger partial charge is 0.481 e. The number of likely N-dealkylation sites (tertiary alicyclic amines) is 1. The van der Waals surface area contributed by atoms with E-state index in [2.05, 4.69) is 23.6 Å². The number of carbonyl (C=O) groups is 1. The lowest BCUT2D eigenvalue weighted by Gasteiger charge is -2.40. The van der Waals surface area contributed by atoms with Crippen molar-refractivity contribution in [3.63, 3.8) is 0 Å². The highest BCUT2D eigenvalue weighted by Crippen LogP contribution is 2.39. The predicted octanol–water partition coefficient (Wildman–Crippen LogP) is 4.34. The number of hydrogen-bond donors (Lipinski definition) is 1. The zero-order chi connectivity index (χ0) is 17.9. The van der Waals surface area contributed by atoms with Gasteiger partial charge in [-0.25, -0.2) is 0 Å². The van der Waals surface area contributed by atoms with Crippen molar-refractivity contribution in [2.45, 2.75) is 31.7 Å². The number of carboxylic acid groups (broad SMARTS) is 1. The molecule has 0 unspecified atom stereocenters. The highest BCUT2D eigenvalue weighted by atomic mass is 16.4. The van der Waals surface area contributed by atoms with Crippen LogP contribution in [0.4, 0.5) is 0 Å². The maximum atomic E-state index is 12.3. The second-order valence-corrected chi connectivity index (χ2v) is 6.97. The highest BCUT2D eigenvalue weighted by molar-refractivity contribution is 5.84. The molecule has 3 nitrogen and oxygen atoms in total.